The van der Waals surface area contributed by atoms with Gasteiger partial charge in [-0.05, 0) is 43.5 Å². The molecule has 1 N–H and O–H groups in total. The highest BCUT2D eigenvalue weighted by atomic mass is 35.5. The van der Waals surface area contributed by atoms with Gasteiger partial charge in [-0.15, -0.1) is 0 Å². The fraction of sp³-hybridized carbons (Fsp3) is 0.412. The summed E-state index contributed by atoms with van der Waals surface area (Å²) in [5.41, 5.74) is 3.48. The van der Waals surface area contributed by atoms with E-state index in [4.69, 9.17) is 16.0 Å². The third-order valence-electron chi connectivity index (χ3n) is 3.97. The summed E-state index contributed by atoms with van der Waals surface area (Å²) >= 11 is 6.44. The number of anilines is 1. The molecule has 1 aromatic heterocycles. The summed E-state index contributed by atoms with van der Waals surface area (Å²) in [5.74, 6) is 0.961. The van der Waals surface area contributed by atoms with E-state index in [-0.39, 0.29) is 0 Å². The molecule has 21 heavy (non-hydrogen) atoms. The summed E-state index contributed by atoms with van der Waals surface area (Å²) in [6.45, 7) is 3.67. The molecule has 0 amide bonds. The van der Waals surface area contributed by atoms with Gasteiger partial charge in [0.1, 0.15) is 5.76 Å². The molecule has 3 nitrogen and oxygen atoms in total. The fourth-order valence-corrected chi connectivity index (χ4v) is 2.78. The average Bonchev–Trinajstić information content (AvgIpc) is 3.20. The standard InChI is InChI=1S/C17H21ClN2O/c1-12-14(7-8-21-12)11-20(2)17-6-3-13(9-16(17)18)10-19-15-4-5-15/h3,6-9,15,19H,4-5,10-11H2,1-2H3. The summed E-state index contributed by atoms with van der Waals surface area (Å²) in [6.07, 6.45) is 4.34. The van der Waals surface area contributed by atoms with Crippen LogP contribution in [0.15, 0.2) is 34.9 Å². The number of rotatable bonds is 6. The van der Waals surface area contributed by atoms with Crippen LogP contribution in [-0.2, 0) is 13.1 Å². The van der Waals surface area contributed by atoms with Crippen molar-refractivity contribution in [1.82, 2.24) is 5.32 Å². The molecule has 1 aliphatic rings. The highest BCUT2D eigenvalue weighted by molar-refractivity contribution is 6.33. The van der Waals surface area contributed by atoms with Gasteiger partial charge in [0.05, 0.1) is 17.0 Å². The third kappa shape index (κ3) is 3.60. The summed E-state index contributed by atoms with van der Waals surface area (Å²) in [7, 11) is 2.05. The minimum atomic E-state index is 0.718. The van der Waals surface area contributed by atoms with Gasteiger partial charge < -0.3 is 14.6 Å². The normalized spacial score (nSPS) is 14.4. The zero-order valence-electron chi connectivity index (χ0n) is 12.5. The second-order valence-electron chi connectivity index (χ2n) is 5.80. The number of nitrogens with one attached hydrogen (secondary N) is 1. The Morgan fingerprint density at radius 3 is 2.76 bits per heavy atom. The maximum absolute atomic E-state index is 6.44. The van der Waals surface area contributed by atoms with Gasteiger partial charge in [-0.25, -0.2) is 0 Å². The van der Waals surface area contributed by atoms with Gasteiger partial charge in [0.25, 0.3) is 0 Å². The minimum Gasteiger partial charge on any atom is -0.469 e. The Morgan fingerprint density at radius 2 is 2.14 bits per heavy atom. The molecule has 0 aliphatic heterocycles. The number of benzene rings is 1. The molecule has 0 saturated heterocycles. The summed E-state index contributed by atoms with van der Waals surface area (Å²) < 4.78 is 5.34. The molecule has 0 spiro atoms. The van der Waals surface area contributed by atoms with Crippen LogP contribution in [0.25, 0.3) is 0 Å². The highest BCUT2D eigenvalue weighted by Crippen LogP contribution is 2.28. The Morgan fingerprint density at radius 1 is 1.33 bits per heavy atom. The lowest BCUT2D eigenvalue weighted by Gasteiger charge is -2.21. The van der Waals surface area contributed by atoms with E-state index in [1.807, 2.05) is 13.0 Å². The summed E-state index contributed by atoms with van der Waals surface area (Å²) in [4.78, 5) is 2.15. The van der Waals surface area contributed by atoms with E-state index in [1.165, 1.54) is 24.0 Å². The zero-order valence-corrected chi connectivity index (χ0v) is 13.3. The van der Waals surface area contributed by atoms with E-state index in [0.29, 0.717) is 0 Å². The lowest BCUT2D eigenvalue weighted by atomic mass is 10.1. The van der Waals surface area contributed by atoms with Gasteiger partial charge in [0.2, 0.25) is 0 Å². The fourth-order valence-electron chi connectivity index (χ4n) is 2.44. The lowest BCUT2D eigenvalue weighted by Crippen LogP contribution is -2.18. The highest BCUT2D eigenvalue weighted by Gasteiger charge is 2.20. The van der Waals surface area contributed by atoms with Crippen molar-refractivity contribution < 1.29 is 4.42 Å². The lowest BCUT2D eigenvalue weighted by molar-refractivity contribution is 0.529. The molecule has 0 bridgehead atoms. The minimum absolute atomic E-state index is 0.718. The monoisotopic (exact) mass is 304 g/mol. The first-order valence-electron chi connectivity index (χ1n) is 7.39. The van der Waals surface area contributed by atoms with Crippen molar-refractivity contribution in [3.63, 3.8) is 0 Å². The van der Waals surface area contributed by atoms with Crippen LogP contribution < -0.4 is 10.2 Å². The van der Waals surface area contributed by atoms with Crippen LogP contribution in [0.3, 0.4) is 0 Å². The molecule has 1 heterocycles. The Bertz CT molecular complexity index is 619. The van der Waals surface area contributed by atoms with E-state index in [0.717, 1.165) is 35.6 Å². The molecule has 0 atom stereocenters. The topological polar surface area (TPSA) is 28.4 Å². The van der Waals surface area contributed by atoms with Crippen molar-refractivity contribution in [3.05, 3.63) is 52.4 Å². The van der Waals surface area contributed by atoms with E-state index < -0.39 is 0 Å². The summed E-state index contributed by atoms with van der Waals surface area (Å²) in [6, 6.07) is 9.03. The number of hydrogen-bond donors (Lipinski definition) is 1. The molecule has 0 unspecified atom stereocenters. The van der Waals surface area contributed by atoms with E-state index in [9.17, 15) is 0 Å². The maximum Gasteiger partial charge on any atom is 0.105 e. The summed E-state index contributed by atoms with van der Waals surface area (Å²) in [5, 5.41) is 4.31. The van der Waals surface area contributed by atoms with Crippen LogP contribution in [0, 0.1) is 6.92 Å². The smallest absolute Gasteiger partial charge is 0.105 e. The van der Waals surface area contributed by atoms with Crippen LogP contribution in [0.1, 0.15) is 29.7 Å². The quantitative estimate of drug-likeness (QED) is 0.870. The van der Waals surface area contributed by atoms with Gasteiger partial charge in [-0.1, -0.05) is 17.7 Å². The molecule has 112 valence electrons. The molecular weight excluding hydrogens is 284 g/mol. The molecule has 3 rings (SSSR count). The van der Waals surface area contributed by atoms with Crippen LogP contribution >= 0.6 is 11.6 Å². The number of hydrogen-bond acceptors (Lipinski definition) is 3. The third-order valence-corrected chi connectivity index (χ3v) is 4.27. The van der Waals surface area contributed by atoms with Gasteiger partial charge >= 0.3 is 0 Å². The van der Waals surface area contributed by atoms with Crippen LogP contribution in [0.5, 0.6) is 0 Å². The van der Waals surface area contributed by atoms with Gasteiger partial charge in [-0.2, -0.15) is 0 Å². The average molecular weight is 305 g/mol. The van der Waals surface area contributed by atoms with Crippen molar-refractivity contribution in [2.45, 2.75) is 38.9 Å². The Labute approximate surface area is 130 Å². The van der Waals surface area contributed by atoms with Crippen LogP contribution in [0.4, 0.5) is 5.69 Å². The van der Waals surface area contributed by atoms with E-state index in [2.05, 4.69) is 35.5 Å². The first-order chi connectivity index (χ1) is 10.1. The van der Waals surface area contributed by atoms with Crippen LogP contribution in [-0.4, -0.2) is 13.1 Å². The van der Waals surface area contributed by atoms with E-state index >= 15 is 0 Å². The predicted molar refractivity (Wildman–Crippen MR) is 86.9 cm³/mol. The van der Waals surface area contributed by atoms with Crippen LogP contribution in [0.2, 0.25) is 5.02 Å². The van der Waals surface area contributed by atoms with Crippen molar-refractivity contribution in [2.75, 3.05) is 11.9 Å². The number of nitrogens with zero attached hydrogens (tertiary/aromatic N) is 1. The Hall–Kier alpha value is -1.45. The van der Waals surface area contributed by atoms with Crippen molar-refractivity contribution in [3.8, 4) is 0 Å². The molecule has 4 heteroatoms. The molecular formula is C17H21ClN2O. The van der Waals surface area contributed by atoms with Crippen molar-refractivity contribution >= 4 is 17.3 Å². The largest absolute Gasteiger partial charge is 0.469 e. The second-order valence-corrected chi connectivity index (χ2v) is 6.21. The molecule has 0 radical (unpaired) electrons. The molecule has 1 fully saturated rings. The Balaban J connectivity index is 1.67. The molecule has 1 saturated carbocycles. The predicted octanol–water partition coefficient (Wildman–Crippen LogP) is 4.13. The van der Waals surface area contributed by atoms with Gasteiger partial charge in [-0.3, -0.25) is 0 Å². The molecule has 1 aliphatic carbocycles. The first kappa shape index (κ1) is 14.5. The molecule has 1 aromatic carbocycles. The zero-order chi connectivity index (χ0) is 14.8. The van der Waals surface area contributed by atoms with E-state index in [1.54, 1.807) is 6.26 Å². The molecule has 2 aromatic rings. The second kappa shape index (κ2) is 6.12. The first-order valence-corrected chi connectivity index (χ1v) is 7.77. The van der Waals surface area contributed by atoms with Gasteiger partial charge in [0, 0.05) is 31.7 Å². The van der Waals surface area contributed by atoms with Crippen molar-refractivity contribution in [2.24, 2.45) is 0 Å². The maximum atomic E-state index is 6.44. The van der Waals surface area contributed by atoms with Crippen molar-refractivity contribution in [1.29, 1.82) is 0 Å². The number of halogens is 1. The number of furan rings is 1. The SMILES string of the molecule is Cc1occc1CN(C)c1ccc(CNC2CC2)cc1Cl. The Kier molecular flexibility index (Phi) is 4.22. The van der Waals surface area contributed by atoms with Gasteiger partial charge in [0.15, 0.2) is 0 Å². The number of aryl methyl sites for hydroxylation is 1.